The molecule has 8 nitrogen and oxygen atoms in total. The Balaban J connectivity index is 1.52. The topological polar surface area (TPSA) is 66.2 Å². The monoisotopic (exact) mass is 386 g/mol. The minimum atomic E-state index is 0.102. The fourth-order valence-corrected chi connectivity index (χ4v) is 4.21. The lowest BCUT2D eigenvalue weighted by molar-refractivity contribution is 0.0762. The third kappa shape index (κ3) is 4.04. The van der Waals surface area contributed by atoms with Crippen LogP contribution in [0.2, 0.25) is 0 Å². The van der Waals surface area contributed by atoms with Gasteiger partial charge in [-0.05, 0) is 45.1 Å². The molecule has 2 aliphatic heterocycles. The first-order chi connectivity index (χ1) is 13.7. The number of methoxy groups -OCH3 is 1. The molecule has 4 rings (SSSR count). The number of nitrogens with zero attached hydrogens (tertiary/aromatic N) is 6. The van der Waals surface area contributed by atoms with Crippen molar-refractivity contribution in [2.24, 2.45) is 0 Å². The first-order valence-electron chi connectivity index (χ1n) is 10.2. The molecule has 0 bridgehead atoms. The van der Waals surface area contributed by atoms with Crippen LogP contribution in [0.4, 0.5) is 0 Å². The number of carbonyl (C=O) groups is 1. The van der Waals surface area contributed by atoms with Crippen LogP contribution in [0, 0.1) is 0 Å². The Morgan fingerprint density at radius 2 is 2.07 bits per heavy atom. The van der Waals surface area contributed by atoms with Gasteiger partial charge in [-0.15, -0.1) is 10.2 Å². The number of likely N-dealkylation sites (tertiary alicyclic amines) is 1. The first-order valence-corrected chi connectivity index (χ1v) is 10.2. The summed E-state index contributed by atoms with van der Waals surface area (Å²) in [7, 11) is 3.85. The summed E-state index contributed by atoms with van der Waals surface area (Å²) in [4.78, 5) is 19.7. The van der Waals surface area contributed by atoms with Crippen LogP contribution in [-0.4, -0.2) is 102 Å². The Morgan fingerprint density at radius 3 is 2.93 bits per heavy atom. The molecule has 8 heteroatoms. The average molecular weight is 387 g/mol. The highest BCUT2D eigenvalue weighted by molar-refractivity contribution is 5.94. The number of likely N-dealkylation sites (N-methyl/N-ethyl adjacent to an activating group) is 1. The van der Waals surface area contributed by atoms with Crippen LogP contribution in [0.5, 0.6) is 0 Å². The van der Waals surface area contributed by atoms with E-state index in [1.807, 2.05) is 27.6 Å². The second kappa shape index (κ2) is 8.55. The highest BCUT2D eigenvalue weighted by Gasteiger charge is 2.28. The molecule has 152 valence electrons. The Hall–Kier alpha value is -2.03. The number of ether oxygens (including phenoxy) is 1. The van der Waals surface area contributed by atoms with Crippen LogP contribution in [0.15, 0.2) is 18.3 Å². The zero-order valence-corrected chi connectivity index (χ0v) is 16.9. The van der Waals surface area contributed by atoms with Gasteiger partial charge in [0.1, 0.15) is 5.82 Å². The molecule has 0 saturated carbocycles. The smallest absolute Gasteiger partial charge is 0.255 e. The van der Waals surface area contributed by atoms with Crippen LogP contribution < -0.4 is 0 Å². The van der Waals surface area contributed by atoms with E-state index in [4.69, 9.17) is 4.74 Å². The van der Waals surface area contributed by atoms with E-state index in [1.54, 1.807) is 7.11 Å². The van der Waals surface area contributed by atoms with Crippen molar-refractivity contribution < 1.29 is 9.53 Å². The standard InChI is InChI=1S/C20H30N6O2/c1-23-7-3-8-25(11-10-23)20(27)17-4-5-18-21-22-19(26(18)15-17)16-6-9-24(14-16)12-13-28-2/h4-5,15-16H,3,6-14H2,1-2H3. The first kappa shape index (κ1) is 19.3. The summed E-state index contributed by atoms with van der Waals surface area (Å²) in [6.07, 6.45) is 4.00. The molecule has 1 amide bonds. The summed E-state index contributed by atoms with van der Waals surface area (Å²) in [5.74, 6) is 1.40. The van der Waals surface area contributed by atoms with Crippen molar-refractivity contribution in [3.8, 4) is 0 Å². The van der Waals surface area contributed by atoms with E-state index >= 15 is 0 Å². The van der Waals surface area contributed by atoms with E-state index in [0.717, 1.165) is 76.7 Å². The number of carbonyl (C=O) groups excluding carboxylic acids is 1. The van der Waals surface area contributed by atoms with Gasteiger partial charge in [-0.3, -0.25) is 9.20 Å². The van der Waals surface area contributed by atoms with Crippen molar-refractivity contribution >= 4 is 11.6 Å². The summed E-state index contributed by atoms with van der Waals surface area (Å²) in [6, 6.07) is 3.79. The summed E-state index contributed by atoms with van der Waals surface area (Å²) in [5, 5.41) is 8.78. The largest absolute Gasteiger partial charge is 0.383 e. The maximum Gasteiger partial charge on any atom is 0.255 e. The van der Waals surface area contributed by atoms with Gasteiger partial charge in [0, 0.05) is 51.9 Å². The van der Waals surface area contributed by atoms with Gasteiger partial charge >= 0.3 is 0 Å². The van der Waals surface area contributed by atoms with Gasteiger partial charge < -0.3 is 19.4 Å². The van der Waals surface area contributed by atoms with Crippen LogP contribution >= 0.6 is 0 Å². The molecule has 0 spiro atoms. The normalized spacial score (nSPS) is 22.1. The number of fused-ring (bicyclic) bond motifs is 1. The van der Waals surface area contributed by atoms with Gasteiger partial charge in [-0.1, -0.05) is 0 Å². The van der Waals surface area contributed by atoms with E-state index in [9.17, 15) is 4.79 Å². The van der Waals surface area contributed by atoms with Gasteiger partial charge in [0.25, 0.3) is 5.91 Å². The van der Waals surface area contributed by atoms with E-state index in [1.165, 1.54) is 0 Å². The molecule has 28 heavy (non-hydrogen) atoms. The number of rotatable bonds is 5. The van der Waals surface area contributed by atoms with Gasteiger partial charge in [0.15, 0.2) is 5.65 Å². The van der Waals surface area contributed by atoms with Crippen LogP contribution in [-0.2, 0) is 4.74 Å². The molecule has 0 N–H and O–H groups in total. The van der Waals surface area contributed by atoms with Crippen molar-refractivity contribution in [3.63, 3.8) is 0 Å². The molecular weight excluding hydrogens is 356 g/mol. The molecule has 1 unspecified atom stereocenters. The zero-order chi connectivity index (χ0) is 19.5. The van der Waals surface area contributed by atoms with Gasteiger partial charge in [-0.25, -0.2) is 0 Å². The van der Waals surface area contributed by atoms with Crippen molar-refractivity contribution in [3.05, 3.63) is 29.7 Å². The Morgan fingerprint density at radius 1 is 1.18 bits per heavy atom. The fourth-order valence-electron chi connectivity index (χ4n) is 4.21. The lowest BCUT2D eigenvalue weighted by atomic mass is 10.1. The molecule has 1 atom stereocenters. The maximum absolute atomic E-state index is 13.1. The third-order valence-corrected chi connectivity index (χ3v) is 5.93. The molecule has 2 fully saturated rings. The Labute approximate surface area is 166 Å². The Kier molecular flexibility index (Phi) is 5.89. The van der Waals surface area contributed by atoms with Crippen molar-refractivity contribution in [1.29, 1.82) is 0 Å². The second-order valence-electron chi connectivity index (χ2n) is 7.93. The van der Waals surface area contributed by atoms with E-state index in [0.29, 0.717) is 11.5 Å². The predicted molar refractivity (Wildman–Crippen MR) is 107 cm³/mol. The van der Waals surface area contributed by atoms with E-state index in [2.05, 4.69) is 27.0 Å². The molecule has 0 aromatic carbocycles. The molecular formula is C20H30N6O2. The number of amides is 1. The molecule has 2 aliphatic rings. The molecule has 4 heterocycles. The Bertz CT molecular complexity index is 822. The number of aromatic nitrogens is 3. The predicted octanol–water partition coefficient (Wildman–Crippen LogP) is 0.943. The van der Waals surface area contributed by atoms with Crippen molar-refractivity contribution in [2.45, 2.75) is 18.8 Å². The van der Waals surface area contributed by atoms with Gasteiger partial charge in [0.05, 0.1) is 12.2 Å². The zero-order valence-electron chi connectivity index (χ0n) is 16.9. The number of pyridine rings is 1. The lowest BCUT2D eigenvalue weighted by Crippen LogP contribution is -2.34. The van der Waals surface area contributed by atoms with Crippen molar-refractivity contribution in [2.75, 3.05) is 66.6 Å². The van der Waals surface area contributed by atoms with Crippen LogP contribution in [0.25, 0.3) is 5.65 Å². The molecule has 2 aromatic rings. The highest BCUT2D eigenvalue weighted by atomic mass is 16.5. The van der Waals surface area contributed by atoms with Crippen LogP contribution in [0.3, 0.4) is 0 Å². The summed E-state index contributed by atoms with van der Waals surface area (Å²) in [6.45, 7) is 7.25. The summed E-state index contributed by atoms with van der Waals surface area (Å²) >= 11 is 0. The molecule has 2 aromatic heterocycles. The SMILES string of the molecule is COCCN1CCC(c2nnc3ccc(C(=O)N4CCCN(C)CC4)cn23)C1. The second-order valence-corrected chi connectivity index (χ2v) is 7.93. The highest BCUT2D eigenvalue weighted by Crippen LogP contribution is 2.26. The van der Waals surface area contributed by atoms with Gasteiger partial charge in [0.2, 0.25) is 0 Å². The summed E-state index contributed by atoms with van der Waals surface area (Å²) < 4.78 is 7.21. The van der Waals surface area contributed by atoms with Crippen LogP contribution in [0.1, 0.15) is 34.9 Å². The number of hydrogen-bond donors (Lipinski definition) is 0. The maximum atomic E-state index is 13.1. The average Bonchev–Trinajstić information content (AvgIpc) is 3.28. The van der Waals surface area contributed by atoms with E-state index in [-0.39, 0.29) is 5.91 Å². The third-order valence-electron chi connectivity index (χ3n) is 5.93. The lowest BCUT2D eigenvalue weighted by Gasteiger charge is -2.20. The minimum absolute atomic E-state index is 0.102. The number of hydrogen-bond acceptors (Lipinski definition) is 6. The molecule has 0 radical (unpaired) electrons. The molecule has 2 saturated heterocycles. The minimum Gasteiger partial charge on any atom is -0.383 e. The molecule has 0 aliphatic carbocycles. The van der Waals surface area contributed by atoms with Gasteiger partial charge in [-0.2, -0.15) is 0 Å². The summed E-state index contributed by atoms with van der Waals surface area (Å²) in [5.41, 5.74) is 1.52. The fraction of sp³-hybridized carbons (Fsp3) is 0.650. The van der Waals surface area contributed by atoms with Crippen molar-refractivity contribution in [1.82, 2.24) is 29.3 Å². The quantitative estimate of drug-likeness (QED) is 0.762. The van der Waals surface area contributed by atoms with E-state index < -0.39 is 0 Å².